The number of nitrogens with two attached hydrogens (primary N) is 1. The molecule has 0 aliphatic carbocycles. The van der Waals surface area contributed by atoms with E-state index in [2.05, 4.69) is 0 Å². The van der Waals surface area contributed by atoms with Gasteiger partial charge in [0, 0.05) is 5.56 Å². The number of halogens is 1. The zero-order valence-electron chi connectivity index (χ0n) is 5.79. The zero-order valence-corrected chi connectivity index (χ0v) is 5.79. The van der Waals surface area contributed by atoms with Crippen LogP contribution in [-0.2, 0) is 0 Å². The second kappa shape index (κ2) is 3.13. The molecule has 0 saturated carbocycles. The zero-order chi connectivity index (χ0) is 8.27. The predicted octanol–water partition coefficient (Wildman–Crippen LogP) is 1.35. The van der Waals surface area contributed by atoms with Crippen LogP contribution in [-0.4, -0.2) is 0 Å². The summed E-state index contributed by atoms with van der Waals surface area (Å²) in [5.41, 5.74) is 5.54. The monoisotopic (exact) mass is 150 g/mol. The summed E-state index contributed by atoms with van der Waals surface area (Å²) < 4.78 is 12.8. The van der Waals surface area contributed by atoms with Gasteiger partial charge in [-0.3, -0.25) is 0 Å². The van der Waals surface area contributed by atoms with Crippen molar-refractivity contribution in [3.63, 3.8) is 0 Å². The lowest BCUT2D eigenvalue weighted by atomic mass is 10.1. The van der Waals surface area contributed by atoms with E-state index >= 15 is 0 Å². The van der Waals surface area contributed by atoms with Crippen LogP contribution >= 0.6 is 0 Å². The average molecular weight is 150 g/mol. The molecule has 1 aromatic rings. The standard InChI is InChI=1S/C8H7FN2/c9-7-4-2-1-3-6(7)8(11)5-10/h1-4,8H,11H2/t8-/m1/s1. The molecule has 0 aliphatic heterocycles. The van der Waals surface area contributed by atoms with Gasteiger partial charge in [0.25, 0.3) is 0 Å². The van der Waals surface area contributed by atoms with Crippen molar-refractivity contribution in [2.75, 3.05) is 0 Å². The van der Waals surface area contributed by atoms with E-state index in [0.29, 0.717) is 0 Å². The minimum absolute atomic E-state index is 0.245. The van der Waals surface area contributed by atoms with Gasteiger partial charge < -0.3 is 5.73 Å². The lowest BCUT2D eigenvalue weighted by Gasteiger charge is -2.02. The van der Waals surface area contributed by atoms with Gasteiger partial charge in [-0.05, 0) is 6.07 Å². The molecule has 0 unspecified atom stereocenters. The number of rotatable bonds is 1. The Kier molecular flexibility index (Phi) is 2.19. The molecule has 1 rings (SSSR count). The Labute approximate surface area is 64.1 Å². The van der Waals surface area contributed by atoms with Crippen LogP contribution in [0.15, 0.2) is 24.3 Å². The molecule has 0 spiro atoms. The maximum Gasteiger partial charge on any atom is 0.129 e. The Hall–Kier alpha value is -1.40. The molecule has 0 bridgehead atoms. The molecule has 11 heavy (non-hydrogen) atoms. The van der Waals surface area contributed by atoms with Crippen LogP contribution < -0.4 is 5.73 Å². The summed E-state index contributed by atoms with van der Waals surface area (Å²) in [6.07, 6.45) is 0. The fourth-order valence-corrected chi connectivity index (χ4v) is 0.797. The molecule has 1 atom stereocenters. The van der Waals surface area contributed by atoms with Crippen molar-refractivity contribution in [1.82, 2.24) is 0 Å². The van der Waals surface area contributed by atoms with Gasteiger partial charge in [0.05, 0.1) is 6.07 Å². The van der Waals surface area contributed by atoms with Crippen molar-refractivity contribution in [2.45, 2.75) is 6.04 Å². The van der Waals surface area contributed by atoms with Crippen LogP contribution in [0, 0.1) is 17.1 Å². The molecule has 0 radical (unpaired) electrons. The summed E-state index contributed by atoms with van der Waals surface area (Å²) in [6, 6.07) is 6.89. The lowest BCUT2D eigenvalue weighted by molar-refractivity contribution is 0.603. The number of nitrogens with zero attached hydrogens (tertiary/aromatic N) is 1. The number of benzene rings is 1. The molecule has 0 amide bonds. The van der Waals surface area contributed by atoms with Crippen molar-refractivity contribution >= 4 is 0 Å². The van der Waals surface area contributed by atoms with E-state index in [1.54, 1.807) is 18.2 Å². The third kappa shape index (κ3) is 1.54. The first kappa shape index (κ1) is 7.70. The van der Waals surface area contributed by atoms with Crippen molar-refractivity contribution in [3.8, 4) is 6.07 Å². The summed E-state index contributed by atoms with van der Waals surface area (Å²) in [5.74, 6) is -0.429. The van der Waals surface area contributed by atoms with Gasteiger partial charge in [-0.2, -0.15) is 5.26 Å². The topological polar surface area (TPSA) is 49.8 Å². The quantitative estimate of drug-likeness (QED) is 0.656. The molecule has 0 aromatic heterocycles. The Morgan fingerprint density at radius 3 is 2.64 bits per heavy atom. The van der Waals surface area contributed by atoms with Gasteiger partial charge >= 0.3 is 0 Å². The van der Waals surface area contributed by atoms with Crippen LogP contribution in [0.3, 0.4) is 0 Å². The van der Waals surface area contributed by atoms with Crippen molar-refractivity contribution < 1.29 is 4.39 Å². The van der Waals surface area contributed by atoms with E-state index in [1.165, 1.54) is 12.1 Å². The first-order chi connectivity index (χ1) is 5.25. The van der Waals surface area contributed by atoms with Gasteiger partial charge in [0.2, 0.25) is 0 Å². The third-order valence-corrected chi connectivity index (χ3v) is 1.38. The van der Waals surface area contributed by atoms with Crippen molar-refractivity contribution in [2.24, 2.45) is 5.73 Å². The first-order valence-corrected chi connectivity index (χ1v) is 3.15. The number of nitriles is 1. The van der Waals surface area contributed by atoms with Crippen LogP contribution in [0.5, 0.6) is 0 Å². The molecule has 2 N–H and O–H groups in total. The molecule has 0 heterocycles. The van der Waals surface area contributed by atoms with Gasteiger partial charge in [-0.15, -0.1) is 0 Å². The Balaban J connectivity index is 3.05. The highest BCUT2D eigenvalue weighted by molar-refractivity contribution is 5.24. The molecule has 1 aromatic carbocycles. The highest BCUT2D eigenvalue weighted by atomic mass is 19.1. The second-order valence-electron chi connectivity index (χ2n) is 2.13. The first-order valence-electron chi connectivity index (χ1n) is 3.15. The highest BCUT2D eigenvalue weighted by Crippen LogP contribution is 2.12. The largest absolute Gasteiger partial charge is 0.312 e. The Morgan fingerprint density at radius 1 is 1.45 bits per heavy atom. The van der Waals surface area contributed by atoms with E-state index in [-0.39, 0.29) is 5.56 Å². The van der Waals surface area contributed by atoms with Gasteiger partial charge in [-0.1, -0.05) is 18.2 Å². The van der Waals surface area contributed by atoms with Crippen LogP contribution in [0.2, 0.25) is 0 Å². The molecule has 56 valence electrons. The van der Waals surface area contributed by atoms with Gasteiger partial charge in [-0.25, -0.2) is 4.39 Å². The second-order valence-corrected chi connectivity index (χ2v) is 2.13. The molecular weight excluding hydrogens is 143 g/mol. The van der Waals surface area contributed by atoms with Crippen molar-refractivity contribution in [1.29, 1.82) is 5.26 Å². The van der Waals surface area contributed by atoms with E-state index in [4.69, 9.17) is 11.0 Å². The van der Waals surface area contributed by atoms with Gasteiger partial charge in [0.1, 0.15) is 11.9 Å². The fraction of sp³-hybridized carbons (Fsp3) is 0.125. The van der Waals surface area contributed by atoms with Crippen molar-refractivity contribution in [3.05, 3.63) is 35.6 Å². The Bertz CT molecular complexity index is 290. The minimum Gasteiger partial charge on any atom is -0.312 e. The van der Waals surface area contributed by atoms with E-state index < -0.39 is 11.9 Å². The maximum absolute atomic E-state index is 12.8. The third-order valence-electron chi connectivity index (χ3n) is 1.38. The summed E-state index contributed by atoms with van der Waals surface area (Å²) in [7, 11) is 0. The smallest absolute Gasteiger partial charge is 0.129 e. The van der Waals surface area contributed by atoms with Crippen LogP contribution in [0.1, 0.15) is 11.6 Å². The fourth-order valence-electron chi connectivity index (χ4n) is 0.797. The number of hydrogen-bond donors (Lipinski definition) is 1. The van der Waals surface area contributed by atoms with Crippen LogP contribution in [0.4, 0.5) is 4.39 Å². The van der Waals surface area contributed by atoms with Gasteiger partial charge in [0.15, 0.2) is 0 Å². The lowest BCUT2D eigenvalue weighted by Crippen LogP contribution is -2.08. The Morgan fingerprint density at radius 2 is 2.09 bits per heavy atom. The highest BCUT2D eigenvalue weighted by Gasteiger charge is 2.07. The van der Waals surface area contributed by atoms with E-state index in [0.717, 1.165) is 0 Å². The predicted molar refractivity (Wildman–Crippen MR) is 38.9 cm³/mol. The minimum atomic E-state index is -0.865. The SMILES string of the molecule is N#C[C@@H](N)c1ccccc1F. The molecular formula is C8H7FN2. The van der Waals surface area contributed by atoms with E-state index in [9.17, 15) is 4.39 Å². The summed E-state index contributed by atoms with van der Waals surface area (Å²) >= 11 is 0. The summed E-state index contributed by atoms with van der Waals surface area (Å²) in [6.45, 7) is 0. The molecule has 3 heteroatoms. The maximum atomic E-state index is 12.8. The normalized spacial score (nSPS) is 12.1. The molecule has 0 saturated heterocycles. The summed E-state index contributed by atoms with van der Waals surface area (Å²) in [4.78, 5) is 0. The molecule has 0 aliphatic rings. The molecule has 0 fully saturated rings. The molecule has 2 nitrogen and oxygen atoms in total. The average Bonchev–Trinajstić information content (AvgIpc) is 2.04. The number of hydrogen-bond acceptors (Lipinski definition) is 2. The van der Waals surface area contributed by atoms with E-state index in [1.807, 2.05) is 0 Å². The van der Waals surface area contributed by atoms with Crippen LogP contribution in [0.25, 0.3) is 0 Å². The summed E-state index contributed by atoms with van der Waals surface area (Å²) in [5, 5.41) is 8.37.